The smallest absolute Gasteiger partial charge is 0.109 e. The van der Waals surface area contributed by atoms with Crippen LogP contribution in [0.4, 0.5) is 0 Å². The number of nitrogens with zero attached hydrogens (tertiary/aromatic N) is 1. The van der Waals surface area contributed by atoms with E-state index >= 15 is 0 Å². The number of thiazole rings is 1. The molecule has 2 rings (SSSR count). The molecule has 1 saturated heterocycles. The number of rotatable bonds is 3. The minimum atomic E-state index is 0.393. The average molecular weight is 197 g/mol. The van der Waals surface area contributed by atoms with Crippen LogP contribution in [0.25, 0.3) is 0 Å². The Hall–Kier alpha value is -0.450. The first kappa shape index (κ1) is 9.12. The summed E-state index contributed by atoms with van der Waals surface area (Å²) in [5.41, 5.74) is 0. The number of hydrogen-bond acceptors (Lipinski definition) is 4. The lowest BCUT2D eigenvalue weighted by atomic mass is 10.2. The van der Waals surface area contributed by atoms with Gasteiger partial charge in [0.1, 0.15) is 5.01 Å². The molecule has 2 heterocycles. The lowest BCUT2D eigenvalue weighted by Gasteiger charge is -2.16. The highest BCUT2D eigenvalue weighted by Crippen LogP contribution is 2.16. The molecule has 1 aromatic heterocycles. The molecule has 1 unspecified atom stereocenters. The van der Waals surface area contributed by atoms with E-state index in [1.54, 1.807) is 11.3 Å². The van der Waals surface area contributed by atoms with Crippen molar-refractivity contribution >= 4 is 11.3 Å². The van der Waals surface area contributed by atoms with Crippen molar-refractivity contribution in [3.63, 3.8) is 0 Å². The molecule has 1 aliphatic rings. The molecule has 1 aromatic rings. The van der Waals surface area contributed by atoms with Gasteiger partial charge in [-0.1, -0.05) is 0 Å². The van der Waals surface area contributed by atoms with Gasteiger partial charge in [0.05, 0.1) is 6.04 Å². The molecule has 1 fully saturated rings. The molecule has 0 spiro atoms. The van der Waals surface area contributed by atoms with Crippen molar-refractivity contribution in [2.24, 2.45) is 0 Å². The molecule has 0 radical (unpaired) electrons. The fourth-order valence-corrected chi connectivity index (χ4v) is 2.33. The van der Waals surface area contributed by atoms with Crippen molar-refractivity contribution in [2.45, 2.75) is 25.4 Å². The Morgan fingerprint density at radius 3 is 3.31 bits per heavy atom. The molecular weight excluding hydrogens is 182 g/mol. The molecule has 4 heteroatoms. The fourth-order valence-electron chi connectivity index (χ4n) is 1.67. The number of nitrogens with one attached hydrogen (secondary N) is 2. The largest absolute Gasteiger partial charge is 0.315 e. The van der Waals surface area contributed by atoms with Crippen LogP contribution in [0.5, 0.6) is 0 Å². The Morgan fingerprint density at radius 2 is 2.69 bits per heavy atom. The van der Waals surface area contributed by atoms with Gasteiger partial charge in [0, 0.05) is 24.2 Å². The van der Waals surface area contributed by atoms with Crippen LogP contribution in [0.3, 0.4) is 0 Å². The van der Waals surface area contributed by atoms with E-state index in [2.05, 4.69) is 22.5 Å². The summed E-state index contributed by atoms with van der Waals surface area (Å²) < 4.78 is 0. The molecule has 0 bridgehead atoms. The van der Waals surface area contributed by atoms with Crippen molar-refractivity contribution in [3.8, 4) is 0 Å². The summed E-state index contributed by atoms with van der Waals surface area (Å²) in [6.07, 6.45) is 3.10. The summed E-state index contributed by atoms with van der Waals surface area (Å²) in [4.78, 5) is 4.29. The Bertz CT molecular complexity index is 241. The van der Waals surface area contributed by atoms with Gasteiger partial charge in [0.25, 0.3) is 0 Å². The predicted octanol–water partition coefficient (Wildman–Crippen LogP) is 1.16. The van der Waals surface area contributed by atoms with Crippen molar-refractivity contribution in [2.75, 3.05) is 13.1 Å². The van der Waals surface area contributed by atoms with Crippen LogP contribution in [-0.2, 0) is 0 Å². The number of hydrogen-bond donors (Lipinski definition) is 2. The van der Waals surface area contributed by atoms with E-state index in [-0.39, 0.29) is 0 Å². The summed E-state index contributed by atoms with van der Waals surface area (Å²) >= 11 is 1.72. The van der Waals surface area contributed by atoms with Gasteiger partial charge in [-0.2, -0.15) is 0 Å². The van der Waals surface area contributed by atoms with E-state index < -0.39 is 0 Å². The zero-order chi connectivity index (χ0) is 9.10. The van der Waals surface area contributed by atoms with Crippen LogP contribution in [-0.4, -0.2) is 24.1 Å². The van der Waals surface area contributed by atoms with Crippen LogP contribution in [0.2, 0.25) is 0 Å². The Kier molecular flexibility index (Phi) is 2.93. The minimum absolute atomic E-state index is 0.393. The molecule has 2 N–H and O–H groups in total. The van der Waals surface area contributed by atoms with Crippen LogP contribution >= 0.6 is 11.3 Å². The van der Waals surface area contributed by atoms with E-state index in [1.165, 1.54) is 11.4 Å². The second-order valence-electron chi connectivity index (χ2n) is 3.45. The van der Waals surface area contributed by atoms with Crippen molar-refractivity contribution < 1.29 is 0 Å². The zero-order valence-electron chi connectivity index (χ0n) is 7.79. The molecule has 0 aliphatic carbocycles. The minimum Gasteiger partial charge on any atom is -0.315 e. The molecule has 0 aromatic carbocycles. The summed E-state index contributed by atoms with van der Waals surface area (Å²) in [5, 5.41) is 10.1. The highest BCUT2D eigenvalue weighted by Gasteiger charge is 2.17. The van der Waals surface area contributed by atoms with Gasteiger partial charge in [-0.3, -0.25) is 0 Å². The van der Waals surface area contributed by atoms with Crippen LogP contribution < -0.4 is 10.6 Å². The summed E-state index contributed by atoms with van der Waals surface area (Å²) in [5.74, 6) is 0. The fraction of sp³-hybridized carbons (Fsp3) is 0.667. The topological polar surface area (TPSA) is 37.0 Å². The second kappa shape index (κ2) is 4.17. The van der Waals surface area contributed by atoms with Gasteiger partial charge in [-0.15, -0.1) is 11.3 Å². The highest BCUT2D eigenvalue weighted by molar-refractivity contribution is 7.09. The second-order valence-corrected chi connectivity index (χ2v) is 4.37. The van der Waals surface area contributed by atoms with Gasteiger partial charge in [0.2, 0.25) is 0 Å². The van der Waals surface area contributed by atoms with Gasteiger partial charge in [0.15, 0.2) is 0 Å². The van der Waals surface area contributed by atoms with Crippen molar-refractivity contribution in [3.05, 3.63) is 16.6 Å². The lowest BCUT2D eigenvalue weighted by Crippen LogP contribution is -2.33. The van der Waals surface area contributed by atoms with Gasteiger partial charge in [-0.25, -0.2) is 4.98 Å². The third-order valence-corrected chi connectivity index (χ3v) is 3.33. The third kappa shape index (κ3) is 2.27. The van der Waals surface area contributed by atoms with Crippen LogP contribution in [0, 0.1) is 0 Å². The first-order chi connectivity index (χ1) is 6.36. The van der Waals surface area contributed by atoms with Crippen molar-refractivity contribution in [1.29, 1.82) is 0 Å². The quantitative estimate of drug-likeness (QED) is 0.763. The van der Waals surface area contributed by atoms with Crippen LogP contribution in [0.15, 0.2) is 11.6 Å². The van der Waals surface area contributed by atoms with E-state index in [9.17, 15) is 0 Å². The third-order valence-electron chi connectivity index (χ3n) is 2.37. The van der Waals surface area contributed by atoms with E-state index in [0.29, 0.717) is 12.1 Å². The van der Waals surface area contributed by atoms with E-state index in [4.69, 9.17) is 0 Å². The Morgan fingerprint density at radius 1 is 1.77 bits per heavy atom. The molecule has 2 atom stereocenters. The Balaban J connectivity index is 1.87. The first-order valence-electron chi connectivity index (χ1n) is 4.72. The SMILES string of the molecule is CC(N[C@@H]1CCNC1)c1nccs1. The molecule has 72 valence electrons. The van der Waals surface area contributed by atoms with Gasteiger partial charge in [-0.05, 0) is 19.9 Å². The molecule has 13 heavy (non-hydrogen) atoms. The normalized spacial score (nSPS) is 24.8. The summed E-state index contributed by atoms with van der Waals surface area (Å²) in [6.45, 7) is 4.41. The molecule has 3 nitrogen and oxygen atoms in total. The monoisotopic (exact) mass is 197 g/mol. The maximum atomic E-state index is 4.29. The molecule has 0 amide bonds. The maximum absolute atomic E-state index is 4.29. The van der Waals surface area contributed by atoms with Crippen molar-refractivity contribution in [1.82, 2.24) is 15.6 Å². The molecule has 0 saturated carbocycles. The first-order valence-corrected chi connectivity index (χ1v) is 5.60. The average Bonchev–Trinajstić information content (AvgIpc) is 2.74. The molecule has 1 aliphatic heterocycles. The van der Waals surface area contributed by atoms with E-state index in [1.807, 2.05) is 11.6 Å². The van der Waals surface area contributed by atoms with E-state index in [0.717, 1.165) is 13.1 Å². The predicted molar refractivity (Wildman–Crippen MR) is 54.9 cm³/mol. The summed E-state index contributed by atoms with van der Waals surface area (Å²) in [7, 11) is 0. The van der Waals surface area contributed by atoms with Gasteiger partial charge >= 0.3 is 0 Å². The lowest BCUT2D eigenvalue weighted by molar-refractivity contribution is 0.477. The number of aromatic nitrogens is 1. The molecular formula is C9H15N3S. The standard InChI is InChI=1S/C9H15N3S/c1-7(9-11-4-5-13-9)12-8-2-3-10-6-8/h4-5,7-8,10,12H,2-3,6H2,1H3/t7?,8-/m1/s1. The van der Waals surface area contributed by atoms with Crippen LogP contribution in [0.1, 0.15) is 24.4 Å². The highest BCUT2D eigenvalue weighted by atomic mass is 32.1. The van der Waals surface area contributed by atoms with Gasteiger partial charge < -0.3 is 10.6 Å². The maximum Gasteiger partial charge on any atom is 0.109 e. The Labute approximate surface area is 82.6 Å². The zero-order valence-corrected chi connectivity index (χ0v) is 8.60. The summed E-state index contributed by atoms with van der Waals surface area (Å²) in [6, 6.07) is 1.02.